The Morgan fingerprint density at radius 2 is 1.87 bits per heavy atom. The Balaban J connectivity index is 0.000000980. The molecule has 0 amide bonds. The number of rotatable bonds is 2. The molecule has 0 N–H and O–H groups in total. The van der Waals surface area contributed by atoms with Crippen LogP contribution in [0.2, 0.25) is 0 Å². The summed E-state index contributed by atoms with van der Waals surface area (Å²) in [4.78, 5) is 1.31. The summed E-state index contributed by atoms with van der Waals surface area (Å²) in [5.74, 6) is 0. The summed E-state index contributed by atoms with van der Waals surface area (Å²) in [7, 11) is 0. The zero-order valence-corrected chi connectivity index (χ0v) is 12.7. The molecule has 0 atom stereocenters. The summed E-state index contributed by atoms with van der Waals surface area (Å²) in [5.41, 5.74) is 0. The van der Waals surface area contributed by atoms with Gasteiger partial charge in [0.1, 0.15) is 0 Å². The largest absolute Gasteiger partial charge is 2.00 e. The van der Waals surface area contributed by atoms with Gasteiger partial charge in [-0.15, -0.1) is 16.7 Å². The van der Waals surface area contributed by atoms with Crippen molar-refractivity contribution in [1.29, 1.82) is 0 Å². The molecule has 0 heterocycles. The number of hydrogen-bond acceptors (Lipinski definition) is 1. The second-order valence-corrected chi connectivity index (χ2v) is 4.95. The summed E-state index contributed by atoms with van der Waals surface area (Å²) in [5, 5.41) is 0.854. The average Bonchev–Trinajstić information content (AvgIpc) is 2.21. The van der Waals surface area contributed by atoms with Crippen LogP contribution in [0.3, 0.4) is 0 Å². The fourth-order valence-electron chi connectivity index (χ4n) is 1.81. The predicted molar refractivity (Wildman–Crippen MR) is 63.8 cm³/mol. The Bertz CT molecular complexity index is 247. The maximum atomic E-state index is 3.28. The third-order valence-corrected chi connectivity index (χ3v) is 3.84. The molecule has 1 aromatic carbocycles. The van der Waals surface area contributed by atoms with Gasteiger partial charge in [0, 0.05) is 5.25 Å². The van der Waals surface area contributed by atoms with Crippen molar-refractivity contribution in [3.63, 3.8) is 0 Å². The first-order valence-electron chi connectivity index (χ1n) is 5.08. The van der Waals surface area contributed by atoms with Gasteiger partial charge in [0.25, 0.3) is 0 Å². The number of hydrogen-bond donors (Lipinski definition) is 0. The normalized spacial score (nSPS) is 16.3. The standard InChI is InChI=1S/C12H15S.BrH.Mg/c1-3-7-11(8-4-1)13-12-9-5-2-6-10-12;;/h1,3-4,7,12H,2,5-6,9-10H2;1H;/q-1;;+2/p-1. The summed E-state index contributed by atoms with van der Waals surface area (Å²) in [6, 6.07) is 11.6. The van der Waals surface area contributed by atoms with E-state index in [1.807, 2.05) is 23.9 Å². The van der Waals surface area contributed by atoms with Crippen molar-refractivity contribution in [3.05, 3.63) is 30.3 Å². The molecular weight excluding hydrogens is 280 g/mol. The monoisotopic (exact) mass is 294 g/mol. The molecule has 1 saturated carbocycles. The molecule has 0 radical (unpaired) electrons. The number of benzene rings is 1. The van der Waals surface area contributed by atoms with Gasteiger partial charge in [-0.25, -0.2) is 0 Å². The van der Waals surface area contributed by atoms with E-state index in [-0.39, 0.29) is 40.0 Å². The Labute approximate surface area is 124 Å². The van der Waals surface area contributed by atoms with E-state index in [0.717, 1.165) is 5.25 Å². The van der Waals surface area contributed by atoms with Crippen LogP contribution < -0.4 is 17.0 Å². The molecule has 2 rings (SSSR count). The molecular formula is C12H15BrMgS. The van der Waals surface area contributed by atoms with Crippen LogP contribution in [0.4, 0.5) is 0 Å². The first kappa shape index (κ1) is 15.8. The van der Waals surface area contributed by atoms with Crippen molar-refractivity contribution in [1.82, 2.24) is 0 Å². The van der Waals surface area contributed by atoms with E-state index >= 15 is 0 Å². The smallest absolute Gasteiger partial charge is 1.00 e. The number of thioether (sulfide) groups is 1. The Morgan fingerprint density at radius 3 is 2.47 bits per heavy atom. The first-order chi connectivity index (χ1) is 6.45. The fourth-order valence-corrected chi connectivity index (χ4v) is 3.03. The minimum absolute atomic E-state index is 0. The molecule has 0 saturated heterocycles. The summed E-state index contributed by atoms with van der Waals surface area (Å²) in [6.07, 6.45) is 7.07. The SMILES string of the molecule is [Br-].[Mg+2].[c-]1ccccc1SC1CCCCC1. The molecule has 1 aromatic rings. The number of halogens is 1. The van der Waals surface area contributed by atoms with Crippen LogP contribution in [0.5, 0.6) is 0 Å². The van der Waals surface area contributed by atoms with Crippen molar-refractivity contribution in [3.8, 4) is 0 Å². The van der Waals surface area contributed by atoms with Crippen LogP contribution in [-0.2, 0) is 0 Å². The quantitative estimate of drug-likeness (QED) is 0.567. The maximum absolute atomic E-state index is 3.28. The average molecular weight is 296 g/mol. The van der Waals surface area contributed by atoms with Gasteiger partial charge in [0.15, 0.2) is 0 Å². The molecule has 0 spiro atoms. The molecule has 78 valence electrons. The molecule has 0 aromatic heterocycles. The van der Waals surface area contributed by atoms with E-state index in [1.165, 1.54) is 37.0 Å². The molecule has 0 bridgehead atoms. The fraction of sp³-hybridized carbons (Fsp3) is 0.500. The van der Waals surface area contributed by atoms with Crippen molar-refractivity contribution in [2.45, 2.75) is 42.2 Å². The molecule has 0 unspecified atom stereocenters. The Kier molecular flexibility index (Phi) is 9.40. The van der Waals surface area contributed by atoms with Crippen molar-refractivity contribution in [2.24, 2.45) is 0 Å². The van der Waals surface area contributed by atoms with Crippen LogP contribution in [-0.4, -0.2) is 28.3 Å². The second-order valence-electron chi connectivity index (χ2n) is 3.60. The van der Waals surface area contributed by atoms with Gasteiger partial charge in [-0.05, 0) is 12.8 Å². The van der Waals surface area contributed by atoms with E-state index in [1.54, 1.807) is 0 Å². The van der Waals surface area contributed by atoms with E-state index in [0.29, 0.717) is 0 Å². The third-order valence-electron chi connectivity index (χ3n) is 2.53. The van der Waals surface area contributed by atoms with Crippen LogP contribution in [0, 0.1) is 6.07 Å². The predicted octanol–water partition coefficient (Wildman–Crippen LogP) is 0.535. The van der Waals surface area contributed by atoms with Gasteiger partial charge < -0.3 is 17.0 Å². The zero-order valence-electron chi connectivity index (χ0n) is 8.92. The summed E-state index contributed by atoms with van der Waals surface area (Å²) >= 11 is 2.01. The molecule has 1 aliphatic rings. The second kappa shape index (κ2) is 8.91. The van der Waals surface area contributed by atoms with Gasteiger partial charge in [0.05, 0.1) is 0 Å². The van der Waals surface area contributed by atoms with Gasteiger partial charge in [0.2, 0.25) is 0 Å². The van der Waals surface area contributed by atoms with Crippen molar-refractivity contribution >= 4 is 34.8 Å². The summed E-state index contributed by atoms with van der Waals surface area (Å²) < 4.78 is 0. The Morgan fingerprint density at radius 1 is 1.13 bits per heavy atom. The maximum Gasteiger partial charge on any atom is 2.00 e. The minimum Gasteiger partial charge on any atom is -1.00 e. The Hall–Kier alpha value is 0.816. The summed E-state index contributed by atoms with van der Waals surface area (Å²) in [6.45, 7) is 0. The van der Waals surface area contributed by atoms with Crippen LogP contribution >= 0.6 is 11.8 Å². The minimum atomic E-state index is 0. The van der Waals surface area contributed by atoms with Gasteiger partial charge in [-0.2, -0.15) is 30.3 Å². The van der Waals surface area contributed by atoms with Crippen LogP contribution in [0.1, 0.15) is 32.1 Å². The van der Waals surface area contributed by atoms with E-state index < -0.39 is 0 Å². The van der Waals surface area contributed by atoms with Crippen LogP contribution in [0.15, 0.2) is 29.2 Å². The van der Waals surface area contributed by atoms with E-state index in [9.17, 15) is 0 Å². The van der Waals surface area contributed by atoms with Gasteiger partial charge in [-0.3, -0.25) is 0 Å². The van der Waals surface area contributed by atoms with Crippen molar-refractivity contribution in [2.75, 3.05) is 0 Å². The molecule has 15 heavy (non-hydrogen) atoms. The molecule has 1 fully saturated rings. The van der Waals surface area contributed by atoms with E-state index in [4.69, 9.17) is 0 Å². The van der Waals surface area contributed by atoms with Gasteiger partial charge in [-0.1, -0.05) is 19.3 Å². The molecule has 0 aliphatic heterocycles. The van der Waals surface area contributed by atoms with Crippen LogP contribution in [0.25, 0.3) is 0 Å². The van der Waals surface area contributed by atoms with Crippen molar-refractivity contribution < 1.29 is 17.0 Å². The van der Waals surface area contributed by atoms with Gasteiger partial charge >= 0.3 is 23.1 Å². The third kappa shape index (κ3) is 5.62. The molecule has 0 nitrogen and oxygen atoms in total. The zero-order chi connectivity index (χ0) is 8.93. The molecule has 1 aliphatic carbocycles. The van der Waals surface area contributed by atoms with E-state index in [2.05, 4.69) is 18.2 Å². The first-order valence-corrected chi connectivity index (χ1v) is 5.96. The molecule has 3 heteroatoms. The topological polar surface area (TPSA) is 0 Å².